The van der Waals surface area contributed by atoms with Crippen LogP contribution in [-0.4, -0.2) is 11.3 Å². The van der Waals surface area contributed by atoms with Crippen molar-refractivity contribution in [1.82, 2.24) is 0 Å². The van der Waals surface area contributed by atoms with Gasteiger partial charge < -0.3 is 5.11 Å². The van der Waals surface area contributed by atoms with Crippen LogP contribution in [0.2, 0.25) is 0 Å². The molecule has 0 saturated carbocycles. The molecule has 0 radical (unpaired) electrons. The van der Waals surface area contributed by atoms with Gasteiger partial charge in [-0.3, -0.25) is 0 Å². The van der Waals surface area contributed by atoms with Crippen LogP contribution in [-0.2, 0) is 5.92 Å². The van der Waals surface area contributed by atoms with Gasteiger partial charge >= 0.3 is 12.1 Å². The lowest BCUT2D eigenvalue weighted by Crippen LogP contribution is -2.33. The van der Waals surface area contributed by atoms with E-state index in [1.54, 1.807) is 0 Å². The minimum Gasteiger partial charge on any atom is -0.508 e. The van der Waals surface area contributed by atoms with Gasteiger partial charge in [0.2, 0.25) is 0 Å². The van der Waals surface area contributed by atoms with E-state index in [4.69, 9.17) is 5.11 Å². The van der Waals surface area contributed by atoms with Crippen LogP contribution in [0.1, 0.15) is 11.1 Å². The number of halogens is 5. The first-order chi connectivity index (χ1) is 6.64. The summed E-state index contributed by atoms with van der Waals surface area (Å²) in [4.78, 5) is 0. The van der Waals surface area contributed by atoms with Crippen LogP contribution < -0.4 is 0 Å². The molecule has 1 aromatic rings. The lowest BCUT2D eigenvalue weighted by Gasteiger charge is -2.20. The molecule has 0 heterocycles. The third kappa shape index (κ3) is 2.19. The van der Waals surface area contributed by atoms with E-state index in [0.717, 1.165) is 6.07 Å². The zero-order chi connectivity index (χ0) is 11.9. The Morgan fingerprint density at radius 2 is 1.53 bits per heavy atom. The van der Waals surface area contributed by atoms with E-state index < -0.39 is 23.4 Å². The molecule has 15 heavy (non-hydrogen) atoms. The second-order valence-electron chi connectivity index (χ2n) is 3.13. The van der Waals surface area contributed by atoms with Gasteiger partial charge in [-0.15, -0.1) is 0 Å². The minimum atomic E-state index is -5.66. The Bertz CT molecular complexity index is 349. The van der Waals surface area contributed by atoms with Crippen molar-refractivity contribution in [1.29, 1.82) is 0 Å². The Hall–Kier alpha value is -1.33. The van der Waals surface area contributed by atoms with Gasteiger partial charge in [0.15, 0.2) is 0 Å². The molecule has 0 spiro atoms. The molecular weight excluding hydrogens is 219 g/mol. The standard InChI is InChI=1S/C9H7F5O/c1-5-2-6(4-7(15)3-5)8(10,11)9(12,13)14/h2-4,15H,1H3. The van der Waals surface area contributed by atoms with Gasteiger partial charge in [0.25, 0.3) is 0 Å². The molecule has 0 fully saturated rings. The van der Waals surface area contributed by atoms with Crippen LogP contribution in [0.4, 0.5) is 22.0 Å². The van der Waals surface area contributed by atoms with Crippen LogP contribution in [0.25, 0.3) is 0 Å². The second-order valence-corrected chi connectivity index (χ2v) is 3.13. The zero-order valence-electron chi connectivity index (χ0n) is 7.57. The number of benzene rings is 1. The normalized spacial score (nSPS) is 12.9. The summed E-state index contributed by atoms with van der Waals surface area (Å²) in [7, 11) is 0. The van der Waals surface area contributed by atoms with Gasteiger partial charge in [0.1, 0.15) is 5.75 Å². The first-order valence-electron chi connectivity index (χ1n) is 3.90. The maximum absolute atomic E-state index is 12.8. The highest BCUT2D eigenvalue weighted by atomic mass is 19.4. The molecule has 6 heteroatoms. The van der Waals surface area contributed by atoms with Crippen LogP contribution in [0.15, 0.2) is 18.2 Å². The molecule has 1 nitrogen and oxygen atoms in total. The van der Waals surface area contributed by atoms with Crippen molar-refractivity contribution in [3.05, 3.63) is 29.3 Å². The topological polar surface area (TPSA) is 20.2 Å². The number of phenolic OH excluding ortho intramolecular Hbond substituents is 1. The van der Waals surface area contributed by atoms with Crippen molar-refractivity contribution in [2.75, 3.05) is 0 Å². The number of hydrogen-bond donors (Lipinski definition) is 1. The van der Waals surface area contributed by atoms with E-state index >= 15 is 0 Å². The minimum absolute atomic E-state index is 0.133. The molecule has 1 rings (SSSR count). The summed E-state index contributed by atoms with van der Waals surface area (Å²) < 4.78 is 61.4. The van der Waals surface area contributed by atoms with Crippen LogP contribution in [0.3, 0.4) is 0 Å². The summed E-state index contributed by atoms with van der Waals surface area (Å²) in [5, 5.41) is 8.92. The fourth-order valence-corrected chi connectivity index (χ4v) is 1.11. The number of aryl methyl sites for hydroxylation is 1. The Kier molecular flexibility index (Phi) is 2.63. The first-order valence-corrected chi connectivity index (χ1v) is 3.90. The number of aromatic hydroxyl groups is 1. The van der Waals surface area contributed by atoms with E-state index in [0.29, 0.717) is 12.1 Å². The average molecular weight is 226 g/mol. The first kappa shape index (κ1) is 11.7. The highest BCUT2D eigenvalue weighted by Crippen LogP contribution is 2.44. The van der Waals surface area contributed by atoms with Crippen molar-refractivity contribution >= 4 is 0 Å². The Labute approximate surface area is 82.1 Å². The van der Waals surface area contributed by atoms with E-state index in [1.807, 2.05) is 0 Å². The van der Waals surface area contributed by atoms with Gasteiger partial charge in [0, 0.05) is 5.56 Å². The molecule has 0 aliphatic carbocycles. The maximum atomic E-state index is 12.8. The summed E-state index contributed by atoms with van der Waals surface area (Å²) in [5.41, 5.74) is -1.12. The van der Waals surface area contributed by atoms with Gasteiger partial charge in [-0.1, -0.05) is 0 Å². The molecule has 1 aromatic carbocycles. The van der Waals surface area contributed by atoms with E-state index in [2.05, 4.69) is 0 Å². The van der Waals surface area contributed by atoms with Gasteiger partial charge in [-0.2, -0.15) is 22.0 Å². The number of hydrogen-bond acceptors (Lipinski definition) is 1. The van der Waals surface area contributed by atoms with Gasteiger partial charge in [-0.25, -0.2) is 0 Å². The predicted octanol–water partition coefficient (Wildman–Crippen LogP) is 3.35. The van der Waals surface area contributed by atoms with E-state index in [1.165, 1.54) is 6.92 Å². The molecule has 0 bridgehead atoms. The monoisotopic (exact) mass is 226 g/mol. The Morgan fingerprint density at radius 3 is 1.93 bits per heavy atom. The SMILES string of the molecule is Cc1cc(O)cc(C(F)(F)C(F)(F)F)c1. The van der Waals surface area contributed by atoms with E-state index in [9.17, 15) is 22.0 Å². The molecule has 1 N–H and O–H groups in total. The Balaban J connectivity index is 3.27. The molecule has 0 aliphatic rings. The van der Waals surface area contributed by atoms with Crippen molar-refractivity contribution in [2.24, 2.45) is 0 Å². The highest BCUT2D eigenvalue weighted by Gasteiger charge is 2.58. The molecule has 0 atom stereocenters. The smallest absolute Gasteiger partial charge is 0.458 e. The second kappa shape index (κ2) is 3.36. The average Bonchev–Trinajstić information content (AvgIpc) is 1.99. The van der Waals surface area contributed by atoms with Crippen molar-refractivity contribution in [3.63, 3.8) is 0 Å². The summed E-state index contributed by atoms with van der Waals surface area (Å²) in [6.07, 6.45) is -5.66. The van der Waals surface area contributed by atoms with Crippen LogP contribution in [0, 0.1) is 6.92 Å². The fraction of sp³-hybridized carbons (Fsp3) is 0.333. The van der Waals surface area contributed by atoms with Gasteiger partial charge in [-0.05, 0) is 30.7 Å². The number of rotatable bonds is 1. The molecule has 0 unspecified atom stereocenters. The van der Waals surface area contributed by atoms with E-state index in [-0.39, 0.29) is 5.56 Å². The predicted molar refractivity (Wildman–Crippen MR) is 42.8 cm³/mol. The molecule has 0 aromatic heterocycles. The van der Waals surface area contributed by atoms with Crippen molar-refractivity contribution < 1.29 is 27.1 Å². The third-order valence-corrected chi connectivity index (χ3v) is 1.78. The zero-order valence-corrected chi connectivity index (χ0v) is 7.57. The maximum Gasteiger partial charge on any atom is 0.458 e. The third-order valence-electron chi connectivity index (χ3n) is 1.78. The molecule has 84 valence electrons. The number of phenols is 1. The lowest BCUT2D eigenvalue weighted by atomic mass is 10.0. The Morgan fingerprint density at radius 1 is 1.00 bits per heavy atom. The molecule has 0 amide bonds. The van der Waals surface area contributed by atoms with Crippen LogP contribution in [0.5, 0.6) is 5.75 Å². The fourth-order valence-electron chi connectivity index (χ4n) is 1.11. The van der Waals surface area contributed by atoms with Crippen molar-refractivity contribution in [2.45, 2.75) is 19.0 Å². The quantitative estimate of drug-likeness (QED) is 0.728. The highest BCUT2D eigenvalue weighted by molar-refractivity contribution is 5.35. The molecular formula is C9H7F5O. The summed E-state index contributed by atoms with van der Waals surface area (Å²) in [6.45, 7) is 1.32. The summed E-state index contributed by atoms with van der Waals surface area (Å²) in [5.74, 6) is -5.56. The summed E-state index contributed by atoms with van der Waals surface area (Å²) in [6, 6.07) is 2.18. The van der Waals surface area contributed by atoms with Crippen LogP contribution >= 0.6 is 0 Å². The summed E-state index contributed by atoms with van der Waals surface area (Å²) >= 11 is 0. The van der Waals surface area contributed by atoms with Crippen molar-refractivity contribution in [3.8, 4) is 5.75 Å². The molecule has 0 saturated heterocycles. The number of alkyl halides is 5. The largest absolute Gasteiger partial charge is 0.508 e. The van der Waals surface area contributed by atoms with Gasteiger partial charge in [0.05, 0.1) is 0 Å². The lowest BCUT2D eigenvalue weighted by molar-refractivity contribution is -0.289. The molecule has 0 aliphatic heterocycles.